The number of aldehydes is 1. The summed E-state index contributed by atoms with van der Waals surface area (Å²) < 4.78 is 7.30. The predicted molar refractivity (Wildman–Crippen MR) is 61.4 cm³/mol. The molecule has 0 aromatic carbocycles. The van der Waals surface area contributed by atoms with Gasteiger partial charge in [-0.3, -0.25) is 0 Å². The third-order valence-corrected chi connectivity index (χ3v) is 3.06. The van der Waals surface area contributed by atoms with Crippen molar-refractivity contribution in [1.82, 2.24) is 14.5 Å². The highest BCUT2D eigenvalue weighted by Gasteiger charge is 2.27. The number of ether oxygens (including phenoxy) is 1. The van der Waals surface area contributed by atoms with Crippen molar-refractivity contribution in [2.24, 2.45) is 0 Å². The van der Waals surface area contributed by atoms with Crippen LogP contribution in [0.1, 0.15) is 12.5 Å². The van der Waals surface area contributed by atoms with E-state index in [0.29, 0.717) is 18.8 Å². The van der Waals surface area contributed by atoms with Crippen LogP contribution in [0.3, 0.4) is 0 Å². The van der Waals surface area contributed by atoms with Crippen LogP contribution in [0.5, 0.6) is 0 Å². The molecule has 1 fully saturated rings. The number of nitrogens with zero attached hydrogens (tertiary/aromatic N) is 3. The number of aromatic nitrogens is 3. The monoisotopic (exact) mass is 232 g/mol. The molecule has 88 valence electrons. The van der Waals surface area contributed by atoms with E-state index in [4.69, 9.17) is 10.5 Å². The summed E-state index contributed by atoms with van der Waals surface area (Å²) in [5.74, 6) is 0.453. The molecule has 0 spiro atoms. The van der Waals surface area contributed by atoms with Gasteiger partial charge in [0.1, 0.15) is 23.7 Å². The highest BCUT2D eigenvalue weighted by Crippen LogP contribution is 2.28. The Bertz CT molecular complexity index is 566. The molecule has 6 heteroatoms. The van der Waals surface area contributed by atoms with Gasteiger partial charge in [0.25, 0.3) is 0 Å². The summed E-state index contributed by atoms with van der Waals surface area (Å²) in [5.41, 5.74) is 7.48. The lowest BCUT2D eigenvalue weighted by molar-refractivity contribution is -0.115. The van der Waals surface area contributed by atoms with Crippen LogP contribution in [0.25, 0.3) is 11.0 Å². The Labute approximate surface area is 97.4 Å². The quantitative estimate of drug-likeness (QED) is 0.764. The fourth-order valence-corrected chi connectivity index (χ4v) is 2.21. The minimum atomic E-state index is -0.324. The summed E-state index contributed by atoms with van der Waals surface area (Å²) in [4.78, 5) is 19.0. The zero-order chi connectivity index (χ0) is 11.8. The van der Waals surface area contributed by atoms with Gasteiger partial charge in [0.05, 0.1) is 24.5 Å². The van der Waals surface area contributed by atoms with Gasteiger partial charge in [-0.15, -0.1) is 0 Å². The lowest BCUT2D eigenvalue weighted by Crippen LogP contribution is -2.10. The summed E-state index contributed by atoms with van der Waals surface area (Å²) >= 11 is 0. The molecule has 2 aromatic rings. The van der Waals surface area contributed by atoms with Crippen molar-refractivity contribution in [1.29, 1.82) is 0 Å². The summed E-state index contributed by atoms with van der Waals surface area (Å²) in [6.07, 6.45) is 4.53. The van der Waals surface area contributed by atoms with Crippen molar-refractivity contribution in [3.05, 3.63) is 18.6 Å². The summed E-state index contributed by atoms with van der Waals surface area (Å²) in [7, 11) is 0. The molecule has 6 nitrogen and oxygen atoms in total. The van der Waals surface area contributed by atoms with E-state index < -0.39 is 0 Å². The summed E-state index contributed by atoms with van der Waals surface area (Å²) in [6, 6.07) is 1.91. The molecular weight excluding hydrogens is 220 g/mol. The van der Waals surface area contributed by atoms with Crippen molar-refractivity contribution in [2.45, 2.75) is 18.6 Å². The molecule has 0 bridgehead atoms. The Kier molecular flexibility index (Phi) is 2.29. The Balaban J connectivity index is 2.04. The van der Waals surface area contributed by atoms with Crippen LogP contribution in [-0.2, 0) is 9.53 Å². The molecule has 0 aliphatic carbocycles. The molecule has 2 N–H and O–H groups in total. The first kappa shape index (κ1) is 10.2. The van der Waals surface area contributed by atoms with Crippen molar-refractivity contribution < 1.29 is 9.53 Å². The smallest absolute Gasteiger partial charge is 0.149 e. The van der Waals surface area contributed by atoms with Crippen molar-refractivity contribution in [3.8, 4) is 0 Å². The van der Waals surface area contributed by atoms with Gasteiger partial charge in [0, 0.05) is 12.6 Å². The molecule has 0 unspecified atom stereocenters. The molecule has 2 atom stereocenters. The number of anilines is 1. The largest absolute Gasteiger partial charge is 0.382 e. The van der Waals surface area contributed by atoms with Gasteiger partial charge in [0.15, 0.2) is 0 Å². The van der Waals surface area contributed by atoms with Gasteiger partial charge >= 0.3 is 0 Å². The van der Waals surface area contributed by atoms with Crippen LogP contribution in [-0.4, -0.2) is 33.5 Å². The number of hydrogen-bond acceptors (Lipinski definition) is 5. The third kappa shape index (κ3) is 1.57. The van der Waals surface area contributed by atoms with Gasteiger partial charge < -0.3 is 19.8 Å². The van der Waals surface area contributed by atoms with Crippen molar-refractivity contribution in [3.63, 3.8) is 0 Å². The van der Waals surface area contributed by atoms with Crippen LogP contribution < -0.4 is 5.73 Å². The lowest BCUT2D eigenvalue weighted by atomic mass is 10.2. The molecule has 3 heterocycles. The minimum Gasteiger partial charge on any atom is -0.382 e. The van der Waals surface area contributed by atoms with Crippen LogP contribution in [0.2, 0.25) is 0 Å². The molecule has 0 radical (unpaired) electrons. The van der Waals surface area contributed by atoms with E-state index in [1.165, 1.54) is 0 Å². The predicted octanol–water partition coefficient (Wildman–Crippen LogP) is 0.542. The summed E-state index contributed by atoms with van der Waals surface area (Å²) in [5, 5.41) is 0. The van der Waals surface area contributed by atoms with E-state index in [9.17, 15) is 4.79 Å². The van der Waals surface area contributed by atoms with Gasteiger partial charge in [-0.2, -0.15) is 0 Å². The second-order valence-electron chi connectivity index (χ2n) is 4.11. The lowest BCUT2D eigenvalue weighted by Gasteiger charge is -2.11. The van der Waals surface area contributed by atoms with Crippen LogP contribution in [0.4, 0.5) is 5.82 Å². The minimum absolute atomic E-state index is 0.0988. The number of nitrogens with two attached hydrogens (primary N) is 1. The van der Waals surface area contributed by atoms with E-state index in [1.807, 2.05) is 10.6 Å². The third-order valence-electron chi connectivity index (χ3n) is 3.06. The van der Waals surface area contributed by atoms with Crippen molar-refractivity contribution >= 4 is 23.1 Å². The first-order chi connectivity index (χ1) is 8.29. The zero-order valence-corrected chi connectivity index (χ0v) is 9.11. The topological polar surface area (TPSA) is 83.0 Å². The van der Waals surface area contributed by atoms with Crippen LogP contribution >= 0.6 is 0 Å². The zero-order valence-electron chi connectivity index (χ0n) is 9.11. The van der Waals surface area contributed by atoms with E-state index in [0.717, 1.165) is 17.3 Å². The van der Waals surface area contributed by atoms with Crippen molar-refractivity contribution in [2.75, 3.05) is 12.3 Å². The Morgan fingerprint density at radius 1 is 1.53 bits per heavy atom. The Hall–Kier alpha value is -1.95. The Morgan fingerprint density at radius 2 is 2.41 bits per heavy atom. The molecule has 3 rings (SSSR count). The SMILES string of the molecule is Nc1nccc2ncn([C@H]3CO[C@@H](C=O)C3)c12. The van der Waals surface area contributed by atoms with E-state index in [1.54, 1.807) is 12.5 Å². The average molecular weight is 232 g/mol. The van der Waals surface area contributed by atoms with Gasteiger partial charge in [-0.25, -0.2) is 9.97 Å². The standard InChI is InChI=1S/C11H12N4O2/c12-11-10-9(1-2-13-11)14-6-15(10)7-3-8(4-16)17-5-7/h1-2,4,6-8H,3,5H2,(H2,12,13)/t7-,8-/m1/s1. The normalized spacial score (nSPS) is 24.2. The molecule has 1 saturated heterocycles. The molecule has 1 aliphatic rings. The number of pyridine rings is 1. The second-order valence-corrected chi connectivity index (χ2v) is 4.11. The molecule has 0 amide bonds. The average Bonchev–Trinajstić information content (AvgIpc) is 2.94. The van der Waals surface area contributed by atoms with E-state index in [-0.39, 0.29) is 12.1 Å². The number of carbonyl (C=O) groups is 1. The second kappa shape index (κ2) is 3.81. The highest BCUT2D eigenvalue weighted by molar-refractivity contribution is 5.84. The van der Waals surface area contributed by atoms with E-state index >= 15 is 0 Å². The fourth-order valence-electron chi connectivity index (χ4n) is 2.21. The number of nitrogen functional groups attached to an aromatic ring is 1. The Morgan fingerprint density at radius 3 is 3.18 bits per heavy atom. The number of imidazole rings is 1. The van der Waals surface area contributed by atoms with Crippen LogP contribution in [0, 0.1) is 0 Å². The molecule has 0 saturated carbocycles. The first-order valence-electron chi connectivity index (χ1n) is 5.43. The molecule has 1 aliphatic heterocycles. The maximum atomic E-state index is 10.7. The number of carbonyl (C=O) groups excluding carboxylic acids is 1. The molecule has 17 heavy (non-hydrogen) atoms. The number of hydrogen-bond donors (Lipinski definition) is 1. The molecular formula is C11H12N4O2. The first-order valence-corrected chi connectivity index (χ1v) is 5.43. The van der Waals surface area contributed by atoms with Gasteiger partial charge in [-0.1, -0.05) is 0 Å². The van der Waals surface area contributed by atoms with E-state index in [2.05, 4.69) is 9.97 Å². The maximum Gasteiger partial charge on any atom is 0.149 e. The van der Waals surface area contributed by atoms with Crippen LogP contribution in [0.15, 0.2) is 18.6 Å². The summed E-state index contributed by atoms with van der Waals surface area (Å²) in [6.45, 7) is 0.503. The highest BCUT2D eigenvalue weighted by atomic mass is 16.5. The number of rotatable bonds is 2. The number of fused-ring (bicyclic) bond motifs is 1. The maximum absolute atomic E-state index is 10.7. The fraction of sp³-hybridized carbons (Fsp3) is 0.364. The van der Waals surface area contributed by atoms with Gasteiger partial charge in [-0.05, 0) is 6.07 Å². The van der Waals surface area contributed by atoms with Gasteiger partial charge in [0.2, 0.25) is 0 Å². The molecule has 2 aromatic heterocycles.